The summed E-state index contributed by atoms with van der Waals surface area (Å²) in [7, 11) is 0. The van der Waals surface area contributed by atoms with Crippen LogP contribution in [0.25, 0.3) is 0 Å². The summed E-state index contributed by atoms with van der Waals surface area (Å²) < 4.78 is 45.0. The number of hydrogen-bond acceptors (Lipinski definition) is 3. The maximum Gasteiger partial charge on any atom is 0.417 e. The molecule has 0 aliphatic heterocycles. The molecule has 0 radical (unpaired) electrons. The highest BCUT2D eigenvalue weighted by Gasteiger charge is 2.65. The Kier molecular flexibility index (Phi) is 4.41. The van der Waals surface area contributed by atoms with Crippen molar-refractivity contribution in [2.24, 2.45) is 11.8 Å². The minimum Gasteiger partial charge on any atom is -0.444 e. The molecule has 0 aromatic heterocycles. The Bertz CT molecular complexity index is 417. The largest absolute Gasteiger partial charge is 0.444 e. The van der Waals surface area contributed by atoms with Gasteiger partial charge in [-0.1, -0.05) is 6.42 Å². The molecule has 0 spiro atoms. The standard InChI is InChI=1S/C15H24F3NO3/c1-13(2,3)22-12(20)19-11-7-9-5-4-6-10(8-11)14(9,21)15(16,17)18/h9-11,21H,4-8H2,1-3H3,(H,19,20)/t9-,10+,11?,14?. The van der Waals surface area contributed by atoms with Crippen LogP contribution in [0.3, 0.4) is 0 Å². The Hall–Kier alpha value is -0.980. The van der Waals surface area contributed by atoms with Gasteiger partial charge in [-0.25, -0.2) is 4.79 Å². The summed E-state index contributed by atoms with van der Waals surface area (Å²) in [4.78, 5) is 11.8. The molecular weight excluding hydrogens is 299 g/mol. The third-order valence-corrected chi connectivity index (χ3v) is 4.66. The third-order valence-electron chi connectivity index (χ3n) is 4.66. The summed E-state index contributed by atoms with van der Waals surface area (Å²) >= 11 is 0. The number of hydrogen-bond donors (Lipinski definition) is 2. The predicted octanol–water partition coefficient (Wildman–Crippen LogP) is 3.38. The Labute approximate surface area is 128 Å². The monoisotopic (exact) mass is 323 g/mol. The molecule has 2 fully saturated rings. The average molecular weight is 323 g/mol. The van der Waals surface area contributed by atoms with Crippen molar-refractivity contribution in [1.29, 1.82) is 0 Å². The van der Waals surface area contributed by atoms with Crippen LogP contribution < -0.4 is 5.32 Å². The fourth-order valence-electron chi connectivity index (χ4n) is 3.82. The first kappa shape index (κ1) is 17.4. The van der Waals surface area contributed by atoms with Gasteiger partial charge in [0.1, 0.15) is 5.60 Å². The summed E-state index contributed by atoms with van der Waals surface area (Å²) in [6.07, 6.45) is -3.63. The zero-order valence-corrected chi connectivity index (χ0v) is 13.2. The molecular formula is C15H24F3NO3. The van der Waals surface area contributed by atoms with Crippen LogP contribution in [0, 0.1) is 11.8 Å². The van der Waals surface area contributed by atoms with Crippen molar-refractivity contribution < 1.29 is 27.8 Å². The number of aliphatic hydroxyl groups is 1. The first-order chi connectivity index (χ1) is 9.93. The molecule has 128 valence electrons. The van der Waals surface area contributed by atoms with Crippen molar-refractivity contribution in [1.82, 2.24) is 5.32 Å². The van der Waals surface area contributed by atoms with Crippen LogP contribution in [0.4, 0.5) is 18.0 Å². The van der Waals surface area contributed by atoms with Gasteiger partial charge in [0.25, 0.3) is 0 Å². The van der Waals surface area contributed by atoms with E-state index in [-0.39, 0.29) is 18.9 Å². The lowest BCUT2D eigenvalue weighted by molar-refractivity contribution is -0.317. The Morgan fingerprint density at radius 2 is 1.68 bits per heavy atom. The van der Waals surface area contributed by atoms with Crippen LogP contribution in [0.15, 0.2) is 0 Å². The van der Waals surface area contributed by atoms with Gasteiger partial charge < -0.3 is 15.2 Å². The molecule has 2 rings (SSSR count). The first-order valence-corrected chi connectivity index (χ1v) is 7.72. The molecule has 2 saturated carbocycles. The summed E-state index contributed by atoms with van der Waals surface area (Å²) in [6, 6.07) is -0.382. The molecule has 2 aliphatic carbocycles. The Morgan fingerprint density at radius 3 is 2.09 bits per heavy atom. The lowest BCUT2D eigenvalue weighted by Gasteiger charge is -2.52. The molecule has 0 aromatic rings. The fraction of sp³-hybridized carbons (Fsp3) is 0.933. The van der Waals surface area contributed by atoms with Crippen LogP contribution in [0.5, 0.6) is 0 Å². The van der Waals surface area contributed by atoms with E-state index in [9.17, 15) is 23.1 Å². The number of ether oxygens (including phenoxy) is 1. The van der Waals surface area contributed by atoms with E-state index in [2.05, 4.69) is 5.32 Å². The molecule has 0 heterocycles. The van der Waals surface area contributed by atoms with E-state index in [4.69, 9.17) is 4.74 Å². The van der Waals surface area contributed by atoms with Crippen LogP contribution in [-0.4, -0.2) is 34.6 Å². The number of alkyl halides is 3. The van der Waals surface area contributed by atoms with Crippen LogP contribution in [-0.2, 0) is 4.74 Å². The van der Waals surface area contributed by atoms with Crippen LogP contribution in [0.2, 0.25) is 0 Å². The van der Waals surface area contributed by atoms with Gasteiger partial charge >= 0.3 is 12.3 Å². The van der Waals surface area contributed by atoms with E-state index in [1.807, 2.05) is 0 Å². The molecule has 0 saturated heterocycles. The number of carbonyl (C=O) groups excluding carboxylic acids is 1. The molecule has 2 aliphatic rings. The van der Waals surface area contributed by atoms with Gasteiger partial charge in [0.05, 0.1) is 0 Å². The predicted molar refractivity (Wildman–Crippen MR) is 74.2 cm³/mol. The minimum absolute atomic E-state index is 0.131. The summed E-state index contributed by atoms with van der Waals surface area (Å²) in [5.74, 6) is -1.72. The number of carbonyl (C=O) groups is 1. The molecule has 22 heavy (non-hydrogen) atoms. The zero-order chi connectivity index (χ0) is 16.8. The average Bonchev–Trinajstić information content (AvgIpc) is 2.26. The van der Waals surface area contributed by atoms with E-state index < -0.39 is 35.3 Å². The van der Waals surface area contributed by atoms with Crippen molar-refractivity contribution in [2.45, 2.75) is 76.3 Å². The lowest BCUT2D eigenvalue weighted by Crippen LogP contribution is -2.63. The summed E-state index contributed by atoms with van der Waals surface area (Å²) in [5, 5.41) is 12.9. The van der Waals surface area contributed by atoms with Gasteiger partial charge in [-0.3, -0.25) is 0 Å². The fourth-order valence-corrected chi connectivity index (χ4v) is 3.82. The van der Waals surface area contributed by atoms with Crippen molar-refractivity contribution in [3.05, 3.63) is 0 Å². The van der Waals surface area contributed by atoms with Gasteiger partial charge in [-0.2, -0.15) is 13.2 Å². The molecule has 7 heteroatoms. The van der Waals surface area contributed by atoms with Crippen LogP contribution >= 0.6 is 0 Å². The Balaban J connectivity index is 2.06. The summed E-state index contributed by atoms with van der Waals surface area (Å²) in [5.41, 5.74) is -3.27. The zero-order valence-electron chi connectivity index (χ0n) is 13.2. The maximum absolute atomic E-state index is 13.3. The number of nitrogens with one attached hydrogen (secondary N) is 1. The van der Waals surface area contributed by atoms with E-state index >= 15 is 0 Å². The molecule has 0 aromatic carbocycles. The molecule has 2 bridgehead atoms. The molecule has 1 amide bonds. The first-order valence-electron chi connectivity index (χ1n) is 7.72. The van der Waals surface area contributed by atoms with Gasteiger partial charge in [0.15, 0.2) is 5.60 Å². The SMILES string of the molecule is CC(C)(C)OC(=O)NC1C[C@H]2CCC[C@@H](C1)C2(O)C(F)(F)F. The van der Waals surface area contributed by atoms with E-state index in [1.165, 1.54) is 0 Å². The van der Waals surface area contributed by atoms with Crippen molar-refractivity contribution in [3.63, 3.8) is 0 Å². The second kappa shape index (κ2) is 5.58. The molecule has 4 atom stereocenters. The number of halogens is 3. The lowest BCUT2D eigenvalue weighted by atomic mass is 9.59. The van der Waals surface area contributed by atoms with Gasteiger partial charge in [-0.05, 0) is 58.3 Å². The molecule has 4 nitrogen and oxygen atoms in total. The van der Waals surface area contributed by atoms with Gasteiger partial charge in [0.2, 0.25) is 0 Å². The molecule has 2 unspecified atom stereocenters. The highest BCUT2D eigenvalue weighted by Crippen LogP contribution is 2.54. The molecule has 2 N–H and O–H groups in total. The number of rotatable bonds is 1. The van der Waals surface area contributed by atoms with E-state index in [0.717, 1.165) is 0 Å². The Morgan fingerprint density at radius 1 is 1.18 bits per heavy atom. The van der Waals surface area contributed by atoms with E-state index in [0.29, 0.717) is 19.3 Å². The van der Waals surface area contributed by atoms with Gasteiger partial charge in [0, 0.05) is 6.04 Å². The summed E-state index contributed by atoms with van der Waals surface area (Å²) in [6.45, 7) is 5.18. The smallest absolute Gasteiger partial charge is 0.417 e. The number of amides is 1. The second-order valence-electron chi connectivity index (χ2n) is 7.46. The topological polar surface area (TPSA) is 58.6 Å². The number of alkyl carbamates (subject to hydrolysis) is 1. The quantitative estimate of drug-likeness (QED) is 0.778. The van der Waals surface area contributed by atoms with Crippen molar-refractivity contribution >= 4 is 6.09 Å². The van der Waals surface area contributed by atoms with E-state index in [1.54, 1.807) is 20.8 Å². The van der Waals surface area contributed by atoms with Gasteiger partial charge in [-0.15, -0.1) is 0 Å². The number of fused-ring (bicyclic) bond motifs is 2. The third kappa shape index (κ3) is 3.34. The van der Waals surface area contributed by atoms with Crippen LogP contribution in [0.1, 0.15) is 52.9 Å². The second-order valence-corrected chi connectivity index (χ2v) is 7.46. The highest BCUT2D eigenvalue weighted by atomic mass is 19.4. The van der Waals surface area contributed by atoms with Crippen molar-refractivity contribution in [2.75, 3.05) is 0 Å². The highest BCUT2D eigenvalue weighted by molar-refractivity contribution is 5.68. The maximum atomic E-state index is 13.3. The normalized spacial score (nSPS) is 35.9. The minimum atomic E-state index is -4.63. The van der Waals surface area contributed by atoms with Crippen molar-refractivity contribution in [3.8, 4) is 0 Å².